The number of phenolic OH excluding ortho intramolecular Hbond substituents is 1. The maximum Gasteiger partial charge on any atom is 0.176 e. The molecule has 1 heterocycles. The predicted molar refractivity (Wildman–Crippen MR) is 39.2 cm³/mol. The molecule has 0 fully saturated rings. The summed E-state index contributed by atoms with van der Waals surface area (Å²) in [5, 5.41) is 8.91. The molecule has 0 spiro atoms. The van der Waals surface area contributed by atoms with Crippen molar-refractivity contribution in [3.8, 4) is 5.75 Å². The van der Waals surface area contributed by atoms with Gasteiger partial charge in [-0.25, -0.2) is 4.98 Å². The molecule has 0 radical (unpaired) electrons. The predicted octanol–water partition coefficient (Wildman–Crippen LogP) is 1.78. The van der Waals surface area contributed by atoms with E-state index < -0.39 is 11.6 Å². The number of phenols is 1. The zero-order valence-electron chi connectivity index (χ0n) is 6.67. The van der Waals surface area contributed by atoms with Crippen LogP contribution in [-0.2, 0) is 21.1 Å². The molecule has 2 rings (SSSR count). The Kier molecular flexibility index (Phi) is 2.71. The van der Waals surface area contributed by atoms with Gasteiger partial charge < -0.3 is 9.52 Å². The number of hydrogen-bond acceptors (Lipinski definition) is 3. The third-order valence-corrected chi connectivity index (χ3v) is 1.52. The molecule has 1 N–H and O–H groups in total. The van der Waals surface area contributed by atoms with E-state index in [2.05, 4.69) is 11.1 Å². The summed E-state index contributed by atoms with van der Waals surface area (Å²) in [5.74, 6) is -0.956. The Balaban J connectivity index is 0.000000845. The number of aryl methyl sites for hydroxylation is 1. The van der Waals surface area contributed by atoms with Crippen LogP contribution < -0.4 is 0 Å². The van der Waals surface area contributed by atoms with Gasteiger partial charge in [-0.3, -0.25) is 4.39 Å². The van der Waals surface area contributed by atoms with Crippen molar-refractivity contribution in [2.45, 2.75) is 6.92 Å². The van der Waals surface area contributed by atoms with Gasteiger partial charge in [-0.15, -0.1) is 12.1 Å². The van der Waals surface area contributed by atoms with Crippen LogP contribution in [0.25, 0.3) is 11.1 Å². The zero-order valence-corrected chi connectivity index (χ0v) is 9.60. The van der Waals surface area contributed by atoms with Gasteiger partial charge in [0.25, 0.3) is 0 Å². The quantitative estimate of drug-likeness (QED) is 0.737. The third kappa shape index (κ3) is 1.59. The fourth-order valence-electron chi connectivity index (χ4n) is 1.01. The first-order valence-corrected chi connectivity index (χ1v) is 3.35. The van der Waals surface area contributed by atoms with Crippen LogP contribution in [0, 0.1) is 18.8 Å². The molecule has 0 saturated carbocycles. The topological polar surface area (TPSA) is 46.3 Å². The Labute approximate surface area is 87.8 Å². The molecule has 0 aliphatic rings. The van der Waals surface area contributed by atoms with E-state index in [-0.39, 0.29) is 26.6 Å². The van der Waals surface area contributed by atoms with Crippen molar-refractivity contribution in [1.82, 2.24) is 4.98 Å². The number of aromatic hydroxyl groups is 1. The molecular weight excluding hydrogens is 345 g/mol. The van der Waals surface area contributed by atoms with Crippen molar-refractivity contribution >= 4 is 11.1 Å². The van der Waals surface area contributed by atoms with E-state index in [4.69, 9.17) is 9.52 Å². The van der Waals surface area contributed by atoms with Crippen LogP contribution in [0.15, 0.2) is 10.5 Å². The number of fused-ring (bicyclic) bond motifs is 1. The van der Waals surface area contributed by atoms with E-state index in [0.29, 0.717) is 11.5 Å². The number of hydrogen-bond donors (Lipinski definition) is 1. The summed E-state index contributed by atoms with van der Waals surface area (Å²) in [6.07, 6.45) is 0. The molecule has 1 aromatic heterocycles. The monoisotopic (exact) mass is 350 g/mol. The summed E-state index contributed by atoms with van der Waals surface area (Å²) in [7, 11) is 0. The Morgan fingerprint density at radius 3 is 3.00 bits per heavy atom. The summed E-state index contributed by atoms with van der Waals surface area (Å²) in [4.78, 5) is 3.75. The molecule has 5 heteroatoms. The zero-order chi connectivity index (χ0) is 8.72. The first kappa shape index (κ1) is 10.2. The first-order valence-electron chi connectivity index (χ1n) is 3.35. The van der Waals surface area contributed by atoms with Gasteiger partial charge in [0, 0.05) is 44.8 Å². The second kappa shape index (κ2) is 3.46. The molecule has 3 nitrogen and oxygen atoms in total. The molecule has 1 aromatic carbocycles. The van der Waals surface area contributed by atoms with Crippen LogP contribution in [0.1, 0.15) is 5.89 Å². The second-order valence-corrected chi connectivity index (χ2v) is 2.40. The van der Waals surface area contributed by atoms with E-state index in [1.54, 1.807) is 6.92 Å². The summed E-state index contributed by atoms with van der Waals surface area (Å²) in [6, 6.07) is 3.66. The molecule has 0 saturated heterocycles. The third-order valence-electron chi connectivity index (χ3n) is 1.52. The van der Waals surface area contributed by atoms with Gasteiger partial charge in [-0.05, 0) is 0 Å². The maximum absolute atomic E-state index is 13.0. The van der Waals surface area contributed by atoms with Gasteiger partial charge >= 0.3 is 0 Å². The van der Waals surface area contributed by atoms with Crippen LogP contribution in [-0.4, -0.2) is 10.1 Å². The van der Waals surface area contributed by atoms with Crippen molar-refractivity contribution in [3.05, 3.63) is 23.8 Å². The minimum atomic E-state index is -0.788. The maximum atomic E-state index is 13.0. The minimum Gasteiger partial charge on any atom is -0.531 e. The van der Waals surface area contributed by atoms with Crippen LogP contribution in [0.4, 0.5) is 4.39 Å². The summed E-state index contributed by atoms with van der Waals surface area (Å²) in [5.41, 5.74) is 0.339. The fraction of sp³-hybridized carbons (Fsp3) is 0.125. The molecule has 0 aliphatic heterocycles. The smallest absolute Gasteiger partial charge is 0.176 e. The van der Waals surface area contributed by atoms with Crippen LogP contribution in [0.2, 0.25) is 0 Å². The van der Waals surface area contributed by atoms with E-state index >= 15 is 0 Å². The average Bonchev–Trinajstić information content (AvgIpc) is 2.39. The van der Waals surface area contributed by atoms with Crippen LogP contribution >= 0.6 is 0 Å². The molecule has 68 valence electrons. The molecule has 0 aliphatic carbocycles. The van der Waals surface area contributed by atoms with Crippen LogP contribution in [0.5, 0.6) is 5.75 Å². The van der Waals surface area contributed by atoms with Crippen molar-refractivity contribution in [2.24, 2.45) is 0 Å². The molecule has 0 unspecified atom stereocenters. The number of oxazole rings is 1. The molecular formula is C8H5FNO2W-. The molecule has 0 bridgehead atoms. The second-order valence-electron chi connectivity index (χ2n) is 2.40. The molecule has 0 atom stereocenters. The Morgan fingerprint density at radius 1 is 1.62 bits per heavy atom. The number of halogens is 1. The average molecular weight is 350 g/mol. The van der Waals surface area contributed by atoms with Gasteiger partial charge in [0.15, 0.2) is 5.89 Å². The Morgan fingerprint density at radius 2 is 2.31 bits per heavy atom. The summed E-state index contributed by atoms with van der Waals surface area (Å²) in [6.45, 7) is 1.61. The van der Waals surface area contributed by atoms with Crippen molar-refractivity contribution in [1.29, 1.82) is 0 Å². The van der Waals surface area contributed by atoms with E-state index in [0.717, 1.165) is 0 Å². The van der Waals surface area contributed by atoms with Gasteiger partial charge in [-0.1, -0.05) is 0 Å². The van der Waals surface area contributed by atoms with Crippen molar-refractivity contribution in [3.63, 3.8) is 0 Å². The Hall–Kier alpha value is -0.892. The summed E-state index contributed by atoms with van der Waals surface area (Å²) < 4.78 is 18.0. The van der Waals surface area contributed by atoms with Crippen molar-refractivity contribution in [2.75, 3.05) is 0 Å². The molecule has 2 aromatic rings. The van der Waals surface area contributed by atoms with Gasteiger partial charge in [0.05, 0.1) is 5.82 Å². The normalized spacial score (nSPS) is 10.0. The molecule has 0 amide bonds. The van der Waals surface area contributed by atoms with E-state index in [1.165, 1.54) is 6.07 Å². The van der Waals surface area contributed by atoms with Gasteiger partial charge in [0.2, 0.25) is 0 Å². The van der Waals surface area contributed by atoms with Gasteiger partial charge in [0.1, 0.15) is 0 Å². The summed E-state index contributed by atoms with van der Waals surface area (Å²) >= 11 is 0. The minimum absolute atomic E-state index is 0. The molecule has 13 heavy (non-hydrogen) atoms. The Bertz CT molecular complexity index is 441. The van der Waals surface area contributed by atoms with E-state index in [9.17, 15) is 4.39 Å². The number of benzene rings is 1. The fourth-order valence-corrected chi connectivity index (χ4v) is 1.01. The van der Waals surface area contributed by atoms with Gasteiger partial charge in [-0.2, -0.15) is 0 Å². The SMILES string of the molecule is Cc1nc2c(F)c(O)[c-]cc2o1.[W]. The first-order chi connectivity index (χ1) is 5.68. The standard InChI is InChI=1S/C8H5FNO2.W/c1-4-10-8-6(12-4)3-2-5(11)7(8)9;/h3,11H,1H3;/q-1;. The number of aromatic nitrogens is 1. The number of rotatable bonds is 0. The van der Waals surface area contributed by atoms with E-state index in [1.807, 2.05) is 0 Å². The van der Waals surface area contributed by atoms with Crippen LogP contribution in [0.3, 0.4) is 0 Å². The van der Waals surface area contributed by atoms with Crippen molar-refractivity contribution < 1.29 is 35.0 Å². The largest absolute Gasteiger partial charge is 0.531 e. The number of nitrogens with zero attached hydrogens (tertiary/aromatic N) is 1.